The van der Waals surface area contributed by atoms with E-state index >= 15 is 0 Å². The van der Waals surface area contributed by atoms with Crippen molar-refractivity contribution in [2.75, 3.05) is 6.54 Å². The standard InChI is InChI=1S/C13H14F2N2O3/c1-3-17-10(18)13(2,16-12(17)19)8-4-6-9(7-5-8)20-11(14)15/h4-7,11H,3H2,1-2H3,(H,16,19)/t13-/m1/s1. The number of urea groups is 1. The fourth-order valence-electron chi connectivity index (χ4n) is 2.15. The van der Waals surface area contributed by atoms with Gasteiger partial charge in [0.25, 0.3) is 5.91 Å². The molecule has 1 atom stereocenters. The van der Waals surface area contributed by atoms with Gasteiger partial charge in [0.15, 0.2) is 0 Å². The lowest BCUT2D eigenvalue weighted by molar-refractivity contribution is -0.130. The molecule has 2 rings (SSSR count). The summed E-state index contributed by atoms with van der Waals surface area (Å²) in [5.41, 5.74) is -0.676. The first-order valence-corrected chi connectivity index (χ1v) is 6.08. The molecule has 1 aromatic rings. The first-order chi connectivity index (χ1) is 9.38. The quantitative estimate of drug-likeness (QED) is 0.861. The largest absolute Gasteiger partial charge is 0.435 e. The van der Waals surface area contributed by atoms with E-state index in [1.807, 2.05) is 0 Å². The molecular weight excluding hydrogens is 270 g/mol. The second kappa shape index (κ2) is 5.07. The van der Waals surface area contributed by atoms with E-state index < -0.39 is 18.2 Å². The van der Waals surface area contributed by atoms with Crippen molar-refractivity contribution in [2.45, 2.75) is 26.0 Å². The SMILES string of the molecule is CCN1C(=O)N[C@](C)(c2ccc(OC(F)F)cc2)C1=O. The van der Waals surface area contributed by atoms with E-state index in [4.69, 9.17) is 0 Å². The fourth-order valence-corrected chi connectivity index (χ4v) is 2.15. The minimum absolute atomic E-state index is 0.00327. The van der Waals surface area contributed by atoms with E-state index in [0.717, 1.165) is 4.90 Å². The predicted molar refractivity (Wildman–Crippen MR) is 66.3 cm³/mol. The van der Waals surface area contributed by atoms with Crippen molar-refractivity contribution in [3.63, 3.8) is 0 Å². The Bertz CT molecular complexity index is 533. The van der Waals surface area contributed by atoms with Crippen molar-refractivity contribution in [1.29, 1.82) is 0 Å². The number of alkyl halides is 2. The molecule has 1 heterocycles. The Balaban J connectivity index is 2.27. The van der Waals surface area contributed by atoms with Crippen molar-refractivity contribution in [1.82, 2.24) is 10.2 Å². The summed E-state index contributed by atoms with van der Waals surface area (Å²) in [6.45, 7) is 0.640. The third kappa shape index (κ3) is 2.31. The number of benzene rings is 1. The van der Waals surface area contributed by atoms with Crippen molar-refractivity contribution < 1.29 is 23.1 Å². The third-order valence-corrected chi connectivity index (χ3v) is 3.25. The first-order valence-electron chi connectivity index (χ1n) is 6.08. The minimum atomic E-state index is -2.90. The summed E-state index contributed by atoms with van der Waals surface area (Å²) < 4.78 is 28.4. The molecule has 1 fully saturated rings. The molecule has 1 aliphatic heterocycles. The normalized spacial score (nSPS) is 22.4. The molecule has 5 nitrogen and oxygen atoms in total. The highest BCUT2D eigenvalue weighted by Gasteiger charge is 2.48. The van der Waals surface area contributed by atoms with Gasteiger partial charge in [-0.05, 0) is 31.5 Å². The fraction of sp³-hybridized carbons (Fsp3) is 0.385. The number of rotatable bonds is 4. The average Bonchev–Trinajstić information content (AvgIpc) is 2.60. The molecule has 0 aliphatic carbocycles. The van der Waals surface area contributed by atoms with Crippen LogP contribution >= 0.6 is 0 Å². The van der Waals surface area contributed by atoms with Gasteiger partial charge in [-0.1, -0.05) is 12.1 Å². The third-order valence-electron chi connectivity index (χ3n) is 3.25. The number of amides is 3. The molecule has 1 N–H and O–H groups in total. The highest BCUT2D eigenvalue weighted by molar-refractivity contribution is 6.07. The number of carbonyl (C=O) groups is 2. The van der Waals surface area contributed by atoms with Crippen LogP contribution < -0.4 is 10.1 Å². The molecule has 0 aromatic heterocycles. The van der Waals surface area contributed by atoms with E-state index in [1.54, 1.807) is 13.8 Å². The van der Waals surface area contributed by atoms with Crippen molar-refractivity contribution >= 4 is 11.9 Å². The molecule has 0 bridgehead atoms. The van der Waals surface area contributed by atoms with Gasteiger partial charge in [-0.2, -0.15) is 8.78 Å². The van der Waals surface area contributed by atoms with E-state index in [1.165, 1.54) is 24.3 Å². The van der Waals surface area contributed by atoms with Crippen LogP contribution in [-0.2, 0) is 10.3 Å². The Labute approximate surface area is 114 Å². The number of ether oxygens (including phenoxy) is 1. The molecule has 108 valence electrons. The van der Waals surface area contributed by atoms with E-state index in [0.29, 0.717) is 5.56 Å². The summed E-state index contributed by atoms with van der Waals surface area (Å²) in [5, 5.41) is 2.61. The second-order valence-electron chi connectivity index (χ2n) is 4.51. The van der Waals surface area contributed by atoms with Gasteiger partial charge >= 0.3 is 12.6 Å². The van der Waals surface area contributed by atoms with Gasteiger partial charge in [0.05, 0.1) is 0 Å². The second-order valence-corrected chi connectivity index (χ2v) is 4.51. The van der Waals surface area contributed by atoms with Crippen LogP contribution in [0.15, 0.2) is 24.3 Å². The van der Waals surface area contributed by atoms with E-state index in [9.17, 15) is 18.4 Å². The molecule has 0 spiro atoms. The Hall–Kier alpha value is -2.18. The smallest absolute Gasteiger partial charge is 0.387 e. The lowest BCUT2D eigenvalue weighted by Crippen LogP contribution is -2.40. The van der Waals surface area contributed by atoms with Crippen LogP contribution in [0.4, 0.5) is 13.6 Å². The van der Waals surface area contributed by atoms with Gasteiger partial charge in [-0.3, -0.25) is 9.69 Å². The number of imide groups is 1. The van der Waals surface area contributed by atoms with Crippen LogP contribution in [0.5, 0.6) is 5.75 Å². The van der Waals surface area contributed by atoms with Gasteiger partial charge in [0, 0.05) is 6.54 Å². The van der Waals surface area contributed by atoms with Gasteiger partial charge in [0.1, 0.15) is 11.3 Å². The predicted octanol–water partition coefficient (Wildman–Crippen LogP) is 2.07. The van der Waals surface area contributed by atoms with E-state index in [2.05, 4.69) is 10.1 Å². The number of halogens is 2. The van der Waals surface area contributed by atoms with Crippen LogP contribution in [0.1, 0.15) is 19.4 Å². The number of nitrogens with one attached hydrogen (secondary N) is 1. The summed E-state index contributed by atoms with van der Waals surface area (Å²) in [7, 11) is 0. The Morgan fingerprint density at radius 2 is 1.90 bits per heavy atom. The molecule has 7 heteroatoms. The van der Waals surface area contributed by atoms with Crippen molar-refractivity contribution in [3.8, 4) is 5.75 Å². The molecule has 3 amide bonds. The summed E-state index contributed by atoms with van der Waals surface area (Å²) in [6.07, 6.45) is 0. The highest BCUT2D eigenvalue weighted by Crippen LogP contribution is 2.30. The number of carbonyl (C=O) groups excluding carboxylic acids is 2. The van der Waals surface area contributed by atoms with Crippen LogP contribution in [0.3, 0.4) is 0 Å². The lowest BCUT2D eigenvalue weighted by atomic mass is 9.92. The van der Waals surface area contributed by atoms with Crippen LogP contribution in [0, 0.1) is 0 Å². The number of likely N-dealkylation sites (N-methyl/N-ethyl adjacent to an activating group) is 1. The zero-order chi connectivity index (χ0) is 14.9. The van der Waals surface area contributed by atoms with Gasteiger partial charge in [-0.25, -0.2) is 4.79 Å². The topological polar surface area (TPSA) is 58.6 Å². The highest BCUT2D eigenvalue weighted by atomic mass is 19.3. The zero-order valence-electron chi connectivity index (χ0n) is 11.0. The maximum Gasteiger partial charge on any atom is 0.387 e. The van der Waals surface area contributed by atoms with Crippen LogP contribution in [0.2, 0.25) is 0 Å². The average molecular weight is 284 g/mol. The molecule has 20 heavy (non-hydrogen) atoms. The first kappa shape index (κ1) is 14.2. The maximum absolute atomic E-state index is 12.2. The molecule has 1 aromatic carbocycles. The van der Waals surface area contributed by atoms with Crippen LogP contribution in [-0.4, -0.2) is 30.0 Å². The summed E-state index contributed by atoms with van der Waals surface area (Å²) in [6, 6.07) is 5.17. The summed E-state index contributed by atoms with van der Waals surface area (Å²) in [4.78, 5) is 25.0. The monoisotopic (exact) mass is 284 g/mol. The van der Waals surface area contributed by atoms with Gasteiger partial charge in [0.2, 0.25) is 0 Å². The Morgan fingerprint density at radius 3 is 2.35 bits per heavy atom. The Morgan fingerprint density at radius 1 is 1.30 bits per heavy atom. The minimum Gasteiger partial charge on any atom is -0.435 e. The number of hydrogen-bond acceptors (Lipinski definition) is 3. The summed E-state index contributed by atoms with van der Waals surface area (Å²) >= 11 is 0. The van der Waals surface area contributed by atoms with Gasteiger partial charge in [-0.15, -0.1) is 0 Å². The lowest BCUT2D eigenvalue weighted by Gasteiger charge is -2.22. The number of hydrogen-bond donors (Lipinski definition) is 1. The Kier molecular flexibility index (Phi) is 3.61. The summed E-state index contributed by atoms with van der Waals surface area (Å²) in [5.74, 6) is -0.371. The molecule has 0 saturated carbocycles. The van der Waals surface area contributed by atoms with E-state index in [-0.39, 0.29) is 18.2 Å². The molecule has 1 aliphatic rings. The zero-order valence-corrected chi connectivity index (χ0v) is 11.0. The van der Waals surface area contributed by atoms with Crippen LogP contribution in [0.25, 0.3) is 0 Å². The molecular formula is C13H14F2N2O3. The van der Waals surface area contributed by atoms with Gasteiger partial charge < -0.3 is 10.1 Å². The molecule has 0 unspecified atom stereocenters. The number of nitrogens with zero attached hydrogens (tertiary/aromatic N) is 1. The maximum atomic E-state index is 12.2. The van der Waals surface area contributed by atoms with Crippen molar-refractivity contribution in [3.05, 3.63) is 29.8 Å². The molecule has 1 saturated heterocycles. The van der Waals surface area contributed by atoms with Crippen molar-refractivity contribution in [2.24, 2.45) is 0 Å². The molecule has 0 radical (unpaired) electrons.